The van der Waals surface area contributed by atoms with Crippen LogP contribution < -0.4 is 11.1 Å². The number of carbonyl (C=O) groups is 1. The lowest BCUT2D eigenvalue weighted by Crippen LogP contribution is -2.39. The van der Waals surface area contributed by atoms with Crippen LogP contribution in [0.25, 0.3) is 11.3 Å². The number of anilines is 1. The van der Waals surface area contributed by atoms with Gasteiger partial charge in [-0.25, -0.2) is 23.1 Å². The summed E-state index contributed by atoms with van der Waals surface area (Å²) in [5.41, 5.74) is 6.98. The van der Waals surface area contributed by atoms with Gasteiger partial charge in [0, 0.05) is 22.9 Å². The molecule has 3 atom stereocenters. The number of benzene rings is 2. The number of amides is 1. The Balaban J connectivity index is 1.55. The van der Waals surface area contributed by atoms with E-state index < -0.39 is 48.7 Å². The van der Waals surface area contributed by atoms with Crippen LogP contribution in [0.1, 0.15) is 52.8 Å². The van der Waals surface area contributed by atoms with Crippen LogP contribution in [0, 0.1) is 5.82 Å². The van der Waals surface area contributed by atoms with Crippen LogP contribution in [0.15, 0.2) is 48.7 Å². The number of nitrogen functional groups attached to an aromatic ring is 1. The van der Waals surface area contributed by atoms with Gasteiger partial charge >= 0.3 is 0 Å². The number of hydrogen-bond donors (Lipinski definition) is 4. The molecule has 0 radical (unpaired) electrons. The first-order valence-corrected chi connectivity index (χ1v) is 11.6. The molecule has 5 N–H and O–H groups in total. The smallest absolute Gasteiger partial charge is 0.273 e. The van der Waals surface area contributed by atoms with Crippen molar-refractivity contribution >= 4 is 23.3 Å². The fourth-order valence-corrected chi connectivity index (χ4v) is 4.42. The summed E-state index contributed by atoms with van der Waals surface area (Å²) in [4.78, 5) is 21.2. The maximum absolute atomic E-state index is 15.0. The lowest BCUT2D eigenvalue weighted by atomic mass is 9.83. The summed E-state index contributed by atoms with van der Waals surface area (Å²) in [5.74, 6) is -5.21. The van der Waals surface area contributed by atoms with Crippen LogP contribution in [0.3, 0.4) is 0 Å². The number of carbonyl (C=O) groups excluding carboxylic acids is 1. The Morgan fingerprint density at radius 2 is 2.06 bits per heavy atom. The molecule has 1 saturated carbocycles. The molecule has 1 aliphatic carbocycles. The predicted molar refractivity (Wildman–Crippen MR) is 128 cm³/mol. The fraction of sp³-hybridized carbons (Fsp3) is 0.320. The van der Waals surface area contributed by atoms with Gasteiger partial charge in [0.2, 0.25) is 0 Å². The van der Waals surface area contributed by atoms with Gasteiger partial charge in [-0.3, -0.25) is 4.79 Å². The van der Waals surface area contributed by atoms with E-state index in [9.17, 15) is 28.2 Å². The van der Waals surface area contributed by atoms with Crippen LogP contribution in [0.5, 0.6) is 0 Å². The maximum atomic E-state index is 15.0. The number of aliphatic hydroxyl groups excluding tert-OH is 2. The predicted octanol–water partition coefficient (Wildman–Crippen LogP) is 4.25. The summed E-state index contributed by atoms with van der Waals surface area (Å²) in [5, 5.41) is 22.5. The molecule has 11 heteroatoms. The highest BCUT2D eigenvalue weighted by atomic mass is 35.5. The zero-order valence-electron chi connectivity index (χ0n) is 19.0. The Kier molecular flexibility index (Phi) is 7.49. The molecule has 1 amide bonds. The first-order chi connectivity index (χ1) is 17.1. The Bertz CT molecular complexity index is 1280. The van der Waals surface area contributed by atoms with Crippen molar-refractivity contribution in [2.75, 3.05) is 12.3 Å². The van der Waals surface area contributed by atoms with Crippen molar-refractivity contribution in [3.05, 3.63) is 76.3 Å². The van der Waals surface area contributed by atoms with Crippen molar-refractivity contribution in [2.24, 2.45) is 0 Å². The molecule has 4 rings (SSSR count). The van der Waals surface area contributed by atoms with Crippen LogP contribution in [-0.4, -0.2) is 44.7 Å². The van der Waals surface area contributed by atoms with Gasteiger partial charge in [-0.1, -0.05) is 29.8 Å². The summed E-state index contributed by atoms with van der Waals surface area (Å²) in [6, 6.07) is 9.55. The lowest BCUT2D eigenvalue weighted by Gasteiger charge is -2.32. The Morgan fingerprint density at radius 3 is 2.72 bits per heavy atom. The molecule has 0 saturated heterocycles. The Morgan fingerprint density at radius 1 is 1.28 bits per heavy atom. The van der Waals surface area contributed by atoms with Gasteiger partial charge in [0.05, 0.1) is 30.1 Å². The fourth-order valence-electron chi connectivity index (χ4n) is 4.22. The highest BCUT2D eigenvalue weighted by molar-refractivity contribution is 6.30. The van der Waals surface area contributed by atoms with E-state index in [-0.39, 0.29) is 35.5 Å². The number of aliphatic hydroxyl groups is 2. The van der Waals surface area contributed by atoms with Gasteiger partial charge in [0.25, 0.3) is 11.8 Å². The van der Waals surface area contributed by atoms with E-state index in [0.29, 0.717) is 16.3 Å². The SMILES string of the molecule is Nc1ncc([C@@H]2CCC(F)(F)[C@@H](O)C2)nc1-c1ccc(C(=O)NC(CO)c2cccc(Cl)c2)c(F)c1. The van der Waals surface area contributed by atoms with Gasteiger partial charge in [-0.2, -0.15) is 0 Å². The van der Waals surface area contributed by atoms with E-state index in [1.165, 1.54) is 18.3 Å². The van der Waals surface area contributed by atoms with E-state index in [2.05, 4.69) is 15.3 Å². The van der Waals surface area contributed by atoms with Crippen molar-refractivity contribution in [3.8, 4) is 11.3 Å². The molecule has 3 aromatic rings. The minimum Gasteiger partial charge on any atom is -0.394 e. The summed E-state index contributed by atoms with van der Waals surface area (Å²) in [6.45, 7) is -0.424. The van der Waals surface area contributed by atoms with Gasteiger partial charge in [0.15, 0.2) is 0 Å². The minimum atomic E-state index is -3.15. The van der Waals surface area contributed by atoms with Crippen LogP contribution >= 0.6 is 11.6 Å². The third-order valence-corrected chi connectivity index (χ3v) is 6.52. The highest BCUT2D eigenvalue weighted by Crippen LogP contribution is 2.41. The molecule has 1 unspecified atom stereocenters. The second-order valence-electron chi connectivity index (χ2n) is 8.74. The third kappa shape index (κ3) is 5.45. The zero-order valence-corrected chi connectivity index (χ0v) is 19.7. The maximum Gasteiger partial charge on any atom is 0.273 e. The second kappa shape index (κ2) is 10.4. The van der Waals surface area contributed by atoms with E-state index in [1.54, 1.807) is 24.3 Å². The van der Waals surface area contributed by atoms with E-state index in [0.717, 1.165) is 6.07 Å². The van der Waals surface area contributed by atoms with Gasteiger partial charge in [-0.15, -0.1) is 0 Å². The zero-order chi connectivity index (χ0) is 26.0. The first-order valence-electron chi connectivity index (χ1n) is 11.2. The molecule has 1 heterocycles. The summed E-state index contributed by atoms with van der Waals surface area (Å²) in [6.07, 6.45) is -0.986. The minimum absolute atomic E-state index is 0.00154. The molecule has 0 aliphatic heterocycles. The molecule has 2 aromatic carbocycles. The number of alkyl halides is 2. The van der Waals surface area contributed by atoms with Gasteiger partial charge < -0.3 is 21.3 Å². The number of hydrogen-bond acceptors (Lipinski definition) is 6. The van der Waals surface area contributed by atoms with Crippen molar-refractivity contribution in [2.45, 2.75) is 43.2 Å². The van der Waals surface area contributed by atoms with E-state index in [1.807, 2.05) is 0 Å². The molecular formula is C25H24ClF3N4O3. The lowest BCUT2D eigenvalue weighted by molar-refractivity contribution is -0.135. The summed E-state index contributed by atoms with van der Waals surface area (Å²) < 4.78 is 42.3. The van der Waals surface area contributed by atoms with Crippen molar-refractivity contribution < 1.29 is 28.2 Å². The normalized spacial score (nSPS) is 20.1. The molecular weight excluding hydrogens is 497 g/mol. The molecule has 0 spiro atoms. The van der Waals surface area contributed by atoms with Crippen LogP contribution in [0.4, 0.5) is 19.0 Å². The summed E-state index contributed by atoms with van der Waals surface area (Å²) in [7, 11) is 0. The standard InChI is InChI=1S/C25H24ClF3N4O3/c26-16-3-1-2-13(8-16)20(12-34)33-24(36)17-5-4-15(9-18(17)27)22-23(30)31-11-19(32-22)14-6-7-25(28,29)21(35)10-14/h1-5,8-9,11,14,20-21,34-35H,6-7,10,12H2,(H2,30,31)(H,33,36)/t14-,20?,21+/m1/s1. The van der Waals surface area contributed by atoms with Crippen molar-refractivity contribution in [3.63, 3.8) is 0 Å². The topological polar surface area (TPSA) is 121 Å². The first kappa shape index (κ1) is 25.9. The number of nitrogens with one attached hydrogen (secondary N) is 1. The number of rotatable bonds is 6. The Hall–Kier alpha value is -3.21. The molecule has 7 nitrogen and oxygen atoms in total. The largest absolute Gasteiger partial charge is 0.394 e. The monoisotopic (exact) mass is 520 g/mol. The van der Waals surface area contributed by atoms with Crippen LogP contribution in [-0.2, 0) is 0 Å². The molecule has 1 aromatic heterocycles. The van der Waals surface area contributed by atoms with Crippen molar-refractivity contribution in [1.29, 1.82) is 0 Å². The second-order valence-corrected chi connectivity index (χ2v) is 9.17. The number of nitrogens with zero attached hydrogens (tertiary/aromatic N) is 2. The Labute approximate surface area is 210 Å². The quantitative estimate of drug-likeness (QED) is 0.385. The number of halogens is 4. The average molecular weight is 521 g/mol. The molecule has 1 aliphatic rings. The number of nitrogens with two attached hydrogens (primary N) is 1. The average Bonchev–Trinajstić information content (AvgIpc) is 2.84. The van der Waals surface area contributed by atoms with Gasteiger partial charge in [0.1, 0.15) is 23.4 Å². The molecule has 1 fully saturated rings. The summed E-state index contributed by atoms with van der Waals surface area (Å²) >= 11 is 5.97. The molecule has 190 valence electrons. The molecule has 0 bridgehead atoms. The van der Waals surface area contributed by atoms with E-state index in [4.69, 9.17) is 17.3 Å². The highest BCUT2D eigenvalue weighted by Gasteiger charge is 2.44. The number of aromatic nitrogens is 2. The van der Waals surface area contributed by atoms with Gasteiger partial charge in [-0.05, 0) is 42.7 Å². The third-order valence-electron chi connectivity index (χ3n) is 6.29. The van der Waals surface area contributed by atoms with Crippen molar-refractivity contribution in [1.82, 2.24) is 15.3 Å². The van der Waals surface area contributed by atoms with E-state index >= 15 is 0 Å². The molecule has 36 heavy (non-hydrogen) atoms. The van der Waals surface area contributed by atoms with Crippen LogP contribution in [0.2, 0.25) is 5.02 Å².